The Hall–Kier alpha value is -3.67. The zero-order chi connectivity index (χ0) is 39.4. The van der Waals surface area contributed by atoms with Crippen LogP contribution in [0.25, 0.3) is 6.08 Å². The van der Waals surface area contributed by atoms with Crippen molar-refractivity contribution >= 4 is 12.0 Å². The molecule has 0 spiro atoms. The molecule has 19 heteroatoms. The summed E-state index contributed by atoms with van der Waals surface area (Å²) in [5.74, 6) is -2.55. The van der Waals surface area contributed by atoms with Crippen LogP contribution in [0.4, 0.5) is 0 Å². The van der Waals surface area contributed by atoms with Gasteiger partial charge in [0.15, 0.2) is 48.0 Å². The van der Waals surface area contributed by atoms with E-state index in [1.165, 1.54) is 56.3 Å². The Morgan fingerprint density at radius 2 is 1.28 bits per heavy atom. The Morgan fingerprint density at radius 1 is 0.667 bits per heavy atom. The van der Waals surface area contributed by atoms with Gasteiger partial charge in [-0.25, -0.2) is 4.79 Å². The number of ether oxygens (including phenoxy) is 7. The second-order valence-corrected chi connectivity index (χ2v) is 13.2. The molecule has 300 valence electrons. The zero-order valence-electron chi connectivity index (χ0n) is 29.1. The summed E-state index contributed by atoms with van der Waals surface area (Å²) >= 11 is 0. The van der Waals surface area contributed by atoms with Crippen molar-refractivity contribution in [3.8, 4) is 23.0 Å². The van der Waals surface area contributed by atoms with Gasteiger partial charge >= 0.3 is 5.97 Å². The highest BCUT2D eigenvalue weighted by Crippen LogP contribution is 2.34. The first-order valence-electron chi connectivity index (χ1n) is 17.1. The summed E-state index contributed by atoms with van der Waals surface area (Å²) in [6.45, 7) is 1.93. The molecule has 3 aliphatic rings. The number of aliphatic hydroxyl groups excluding tert-OH is 7. The molecule has 0 aliphatic carbocycles. The van der Waals surface area contributed by atoms with E-state index in [0.717, 1.165) is 6.08 Å². The fourth-order valence-electron chi connectivity index (χ4n) is 6.22. The number of carbonyl (C=O) groups excluding carboxylic acids is 1. The van der Waals surface area contributed by atoms with Crippen LogP contribution < -0.4 is 0 Å². The molecule has 2 aromatic rings. The molecule has 3 heterocycles. The summed E-state index contributed by atoms with van der Waals surface area (Å²) in [6, 6.07) is 7.88. The predicted octanol–water partition coefficient (Wildman–Crippen LogP) is -2.16. The van der Waals surface area contributed by atoms with Gasteiger partial charge in [-0.05, 0) is 61.7 Å². The number of aliphatic hydroxyl groups is 7. The van der Waals surface area contributed by atoms with Gasteiger partial charge in [-0.3, -0.25) is 0 Å². The van der Waals surface area contributed by atoms with Crippen LogP contribution in [0.15, 0.2) is 42.5 Å². The third-order valence-electron chi connectivity index (χ3n) is 9.34. The number of benzene rings is 2. The molecule has 2 aromatic carbocycles. The third-order valence-corrected chi connectivity index (χ3v) is 9.34. The second-order valence-electron chi connectivity index (χ2n) is 13.2. The van der Waals surface area contributed by atoms with Crippen molar-refractivity contribution in [1.29, 1.82) is 0 Å². The quantitative estimate of drug-likeness (QED) is 0.0622. The molecule has 54 heavy (non-hydrogen) atoms. The van der Waals surface area contributed by atoms with E-state index in [9.17, 15) is 61.0 Å². The molecule has 11 N–H and O–H groups in total. The molecule has 19 nitrogen and oxygen atoms in total. The molecular formula is C35H46O19. The summed E-state index contributed by atoms with van der Waals surface area (Å²) in [4.78, 5) is 13.0. The number of rotatable bonds is 12. The van der Waals surface area contributed by atoms with E-state index < -0.39 is 110 Å². The highest BCUT2D eigenvalue weighted by atomic mass is 16.8. The van der Waals surface area contributed by atoms with Crippen molar-refractivity contribution < 1.29 is 94.1 Å². The van der Waals surface area contributed by atoms with E-state index in [-0.39, 0.29) is 30.3 Å². The molecule has 0 bridgehead atoms. The fourth-order valence-corrected chi connectivity index (χ4v) is 6.22. The van der Waals surface area contributed by atoms with E-state index in [1.54, 1.807) is 0 Å². The summed E-state index contributed by atoms with van der Waals surface area (Å²) in [6.07, 6.45) is -20.9. The van der Waals surface area contributed by atoms with Gasteiger partial charge in [-0.1, -0.05) is 12.1 Å². The van der Waals surface area contributed by atoms with Crippen LogP contribution >= 0.6 is 0 Å². The third kappa shape index (κ3) is 9.40. The Balaban J connectivity index is 1.33. The summed E-state index contributed by atoms with van der Waals surface area (Å²) in [5, 5.41) is 113. The lowest BCUT2D eigenvalue weighted by molar-refractivity contribution is -0.375. The Bertz CT molecular complexity index is 1590. The number of phenols is 4. The molecule has 15 atom stereocenters. The molecule has 3 aliphatic heterocycles. The lowest BCUT2D eigenvalue weighted by atomic mass is 9.96. The number of hydrogen-bond acceptors (Lipinski definition) is 19. The van der Waals surface area contributed by atoms with Crippen LogP contribution in [0.1, 0.15) is 25.0 Å². The summed E-state index contributed by atoms with van der Waals surface area (Å²) in [7, 11) is 0. The van der Waals surface area contributed by atoms with Crippen LogP contribution in [0.5, 0.6) is 23.0 Å². The molecule has 0 radical (unpaired) electrons. The van der Waals surface area contributed by atoms with Crippen molar-refractivity contribution in [3.63, 3.8) is 0 Å². The average Bonchev–Trinajstić information content (AvgIpc) is 3.14. The number of esters is 1. The van der Waals surface area contributed by atoms with Gasteiger partial charge in [0.1, 0.15) is 54.9 Å². The van der Waals surface area contributed by atoms with Gasteiger partial charge in [0.2, 0.25) is 0 Å². The second kappa shape index (κ2) is 17.9. The molecule has 0 unspecified atom stereocenters. The largest absolute Gasteiger partial charge is 0.504 e. The first kappa shape index (κ1) is 41.5. The van der Waals surface area contributed by atoms with Gasteiger partial charge < -0.3 is 89.3 Å². The average molecular weight is 771 g/mol. The minimum absolute atomic E-state index is 0.125. The standard InChI is InChI=1S/C35H46O19/c1-14-24(42)25(43)27(45)34(49-14)53-30-15(2)50-35(28(46)26(30)44)54-32-29(47)33(48-10-9-17-4-7-19(38)21(40)12-17)51-22(13-36)31(32)52-23(41)8-5-16-3-6-18(37)20(39)11-16/h3-8,11-12,14-15,22,24-40,42-47H,9-10,13H2,1-2H3/b8-5+/t14-,15+,22+,24-,25-,26-,27+,28+,29-,30+,31+,32-,33-,34-,35-/m0/s1. The Kier molecular flexibility index (Phi) is 13.7. The highest BCUT2D eigenvalue weighted by Gasteiger charge is 2.54. The fraction of sp³-hybridized carbons (Fsp3) is 0.571. The Morgan fingerprint density at radius 3 is 1.93 bits per heavy atom. The number of phenolic OH excluding ortho intramolecular Hbond substituents is 4. The van der Waals surface area contributed by atoms with Crippen molar-refractivity contribution in [3.05, 3.63) is 53.6 Å². The molecule has 5 rings (SSSR count). The minimum Gasteiger partial charge on any atom is -0.504 e. The maximum atomic E-state index is 13.0. The van der Waals surface area contributed by atoms with Crippen LogP contribution in [0.3, 0.4) is 0 Å². The zero-order valence-corrected chi connectivity index (χ0v) is 29.1. The van der Waals surface area contributed by atoms with Crippen LogP contribution in [-0.4, -0.2) is 167 Å². The molecule has 0 saturated carbocycles. The Labute approximate surface area is 308 Å². The topological polar surface area (TPSA) is 304 Å². The minimum atomic E-state index is -1.91. The van der Waals surface area contributed by atoms with Gasteiger partial charge in [-0.15, -0.1) is 0 Å². The van der Waals surface area contributed by atoms with E-state index >= 15 is 0 Å². The lowest BCUT2D eigenvalue weighted by Crippen LogP contribution is -2.66. The monoisotopic (exact) mass is 770 g/mol. The van der Waals surface area contributed by atoms with E-state index in [4.69, 9.17) is 33.2 Å². The molecular weight excluding hydrogens is 724 g/mol. The van der Waals surface area contributed by atoms with Gasteiger partial charge in [0, 0.05) is 6.08 Å². The molecule has 3 saturated heterocycles. The van der Waals surface area contributed by atoms with Crippen LogP contribution in [-0.2, 0) is 44.4 Å². The van der Waals surface area contributed by atoms with Crippen molar-refractivity contribution in [1.82, 2.24) is 0 Å². The van der Waals surface area contributed by atoms with Crippen molar-refractivity contribution in [2.45, 2.75) is 112 Å². The SMILES string of the molecule is C[C@@H]1O[C@@H](O[C@H]2[C@@H](O)[C@@H](O)[C@H](O[C@H]3[C@H](O)[C@@H](OCCc4ccc(O)c(O)c4)O[C@H](CO)[C@H]3OC(=O)/C=C/c3ccc(O)c(O)c3)O[C@@H]2C)[C@H](O)[C@@H](O)[C@H]1O. The van der Waals surface area contributed by atoms with Crippen LogP contribution in [0, 0.1) is 0 Å². The smallest absolute Gasteiger partial charge is 0.331 e. The maximum Gasteiger partial charge on any atom is 0.331 e. The van der Waals surface area contributed by atoms with Crippen molar-refractivity contribution in [2.24, 2.45) is 0 Å². The van der Waals surface area contributed by atoms with Crippen LogP contribution in [0.2, 0.25) is 0 Å². The van der Waals surface area contributed by atoms with Gasteiger partial charge in [0.05, 0.1) is 25.4 Å². The summed E-state index contributed by atoms with van der Waals surface area (Å²) in [5.41, 5.74) is 0.848. The maximum absolute atomic E-state index is 13.0. The highest BCUT2D eigenvalue weighted by molar-refractivity contribution is 5.87. The predicted molar refractivity (Wildman–Crippen MR) is 178 cm³/mol. The summed E-state index contributed by atoms with van der Waals surface area (Å²) < 4.78 is 40.0. The van der Waals surface area contributed by atoms with E-state index in [2.05, 4.69) is 0 Å². The first-order valence-corrected chi connectivity index (χ1v) is 17.1. The van der Waals surface area contributed by atoms with E-state index in [0.29, 0.717) is 11.1 Å². The number of aromatic hydroxyl groups is 4. The van der Waals surface area contributed by atoms with Gasteiger partial charge in [0.25, 0.3) is 0 Å². The van der Waals surface area contributed by atoms with Gasteiger partial charge in [-0.2, -0.15) is 0 Å². The van der Waals surface area contributed by atoms with Crippen molar-refractivity contribution in [2.75, 3.05) is 13.2 Å². The van der Waals surface area contributed by atoms with E-state index in [1.807, 2.05) is 0 Å². The molecule has 3 fully saturated rings. The number of carbonyl (C=O) groups is 1. The lowest BCUT2D eigenvalue weighted by Gasteiger charge is -2.48. The molecule has 0 amide bonds. The normalized spacial score (nSPS) is 37.3. The number of hydrogen-bond donors (Lipinski definition) is 11. The molecule has 0 aromatic heterocycles. The first-order chi connectivity index (χ1) is 25.6.